The molecule has 5 nitrogen and oxygen atoms in total. The van der Waals surface area contributed by atoms with Crippen molar-refractivity contribution in [2.75, 3.05) is 32.0 Å². The Kier molecular flexibility index (Phi) is 6.91. The number of benzene rings is 1. The standard InChI is InChI=1S/C16H21N3O2/c1-4-9-19(10-5-2)12-15(20)18-14-8-6-7-13(11-14)16(21)17-3/h4-8,11H,1-2,9-10,12H2,3H3,(H,17,21)(H,18,20). The first-order valence-electron chi connectivity index (χ1n) is 6.66. The number of carbonyl (C=O) groups is 2. The summed E-state index contributed by atoms with van der Waals surface area (Å²) in [7, 11) is 1.57. The van der Waals surface area contributed by atoms with E-state index in [9.17, 15) is 9.59 Å². The van der Waals surface area contributed by atoms with Crippen molar-refractivity contribution in [3.63, 3.8) is 0 Å². The molecule has 21 heavy (non-hydrogen) atoms. The van der Waals surface area contributed by atoms with Crippen molar-refractivity contribution >= 4 is 17.5 Å². The van der Waals surface area contributed by atoms with E-state index in [2.05, 4.69) is 23.8 Å². The Morgan fingerprint density at radius 2 is 1.90 bits per heavy atom. The van der Waals surface area contributed by atoms with E-state index in [1.54, 1.807) is 43.5 Å². The van der Waals surface area contributed by atoms with E-state index in [1.807, 2.05) is 4.90 Å². The molecular weight excluding hydrogens is 266 g/mol. The lowest BCUT2D eigenvalue weighted by atomic mass is 10.2. The van der Waals surface area contributed by atoms with Gasteiger partial charge >= 0.3 is 0 Å². The molecule has 0 atom stereocenters. The largest absolute Gasteiger partial charge is 0.355 e. The maximum Gasteiger partial charge on any atom is 0.251 e. The lowest BCUT2D eigenvalue weighted by molar-refractivity contribution is -0.117. The second-order valence-electron chi connectivity index (χ2n) is 4.48. The van der Waals surface area contributed by atoms with Gasteiger partial charge in [-0.25, -0.2) is 0 Å². The Bertz CT molecular complexity index is 516. The quantitative estimate of drug-likeness (QED) is 0.715. The highest BCUT2D eigenvalue weighted by atomic mass is 16.2. The molecule has 2 N–H and O–H groups in total. The smallest absolute Gasteiger partial charge is 0.251 e. The Morgan fingerprint density at radius 3 is 2.48 bits per heavy atom. The molecule has 5 heteroatoms. The first-order chi connectivity index (χ1) is 10.1. The van der Waals surface area contributed by atoms with Crippen molar-refractivity contribution in [2.24, 2.45) is 0 Å². The van der Waals surface area contributed by atoms with Gasteiger partial charge in [-0.1, -0.05) is 18.2 Å². The Morgan fingerprint density at radius 1 is 1.24 bits per heavy atom. The fourth-order valence-corrected chi connectivity index (χ4v) is 1.85. The van der Waals surface area contributed by atoms with Crippen molar-refractivity contribution in [3.05, 3.63) is 55.1 Å². The fraction of sp³-hybridized carbons (Fsp3) is 0.250. The van der Waals surface area contributed by atoms with Crippen LogP contribution in [0.3, 0.4) is 0 Å². The van der Waals surface area contributed by atoms with E-state index in [0.29, 0.717) is 24.3 Å². The zero-order valence-electron chi connectivity index (χ0n) is 12.3. The summed E-state index contributed by atoms with van der Waals surface area (Å²) in [6.45, 7) is 8.78. The van der Waals surface area contributed by atoms with Gasteiger partial charge in [-0.05, 0) is 18.2 Å². The van der Waals surface area contributed by atoms with Gasteiger partial charge in [0.1, 0.15) is 0 Å². The van der Waals surface area contributed by atoms with Crippen LogP contribution < -0.4 is 10.6 Å². The Labute approximate surface area is 125 Å². The highest BCUT2D eigenvalue weighted by Gasteiger charge is 2.09. The van der Waals surface area contributed by atoms with Gasteiger partial charge in [0.05, 0.1) is 6.54 Å². The van der Waals surface area contributed by atoms with Gasteiger partial charge in [-0.15, -0.1) is 13.2 Å². The van der Waals surface area contributed by atoms with Crippen LogP contribution in [0.4, 0.5) is 5.69 Å². The van der Waals surface area contributed by atoms with Crippen molar-refractivity contribution in [3.8, 4) is 0 Å². The number of nitrogens with one attached hydrogen (secondary N) is 2. The third-order valence-electron chi connectivity index (χ3n) is 2.78. The molecule has 1 aromatic rings. The van der Waals surface area contributed by atoms with Gasteiger partial charge in [-0.3, -0.25) is 14.5 Å². The molecule has 1 rings (SSSR count). The SMILES string of the molecule is C=CCN(CC=C)CC(=O)Nc1cccc(C(=O)NC)c1. The number of carbonyl (C=O) groups excluding carboxylic acids is 2. The second-order valence-corrected chi connectivity index (χ2v) is 4.48. The summed E-state index contributed by atoms with van der Waals surface area (Å²) >= 11 is 0. The monoisotopic (exact) mass is 287 g/mol. The molecule has 0 fully saturated rings. The molecule has 0 aliphatic heterocycles. The number of hydrogen-bond donors (Lipinski definition) is 2. The molecule has 0 aromatic heterocycles. The minimum atomic E-state index is -0.189. The molecule has 0 saturated carbocycles. The molecule has 0 bridgehead atoms. The molecule has 1 aromatic carbocycles. The van der Waals surface area contributed by atoms with E-state index < -0.39 is 0 Å². The molecule has 0 radical (unpaired) electrons. The fourth-order valence-electron chi connectivity index (χ4n) is 1.85. The maximum absolute atomic E-state index is 12.0. The second kappa shape index (κ2) is 8.71. The summed E-state index contributed by atoms with van der Waals surface area (Å²) in [5, 5.41) is 5.32. The molecule has 0 saturated heterocycles. The third-order valence-corrected chi connectivity index (χ3v) is 2.78. The average molecular weight is 287 g/mol. The highest BCUT2D eigenvalue weighted by Crippen LogP contribution is 2.10. The summed E-state index contributed by atoms with van der Waals surface area (Å²) in [5.41, 5.74) is 1.10. The average Bonchev–Trinajstić information content (AvgIpc) is 2.47. The Hall–Kier alpha value is -2.40. The highest BCUT2D eigenvalue weighted by molar-refractivity contribution is 5.97. The van der Waals surface area contributed by atoms with Crippen molar-refractivity contribution in [2.45, 2.75) is 0 Å². The van der Waals surface area contributed by atoms with E-state index in [4.69, 9.17) is 0 Å². The first-order valence-corrected chi connectivity index (χ1v) is 6.66. The summed E-state index contributed by atoms with van der Waals surface area (Å²) in [5.74, 6) is -0.334. The van der Waals surface area contributed by atoms with Crippen LogP contribution in [0.1, 0.15) is 10.4 Å². The summed E-state index contributed by atoms with van der Waals surface area (Å²) in [6.07, 6.45) is 3.48. The number of nitrogens with zero attached hydrogens (tertiary/aromatic N) is 1. The predicted octanol–water partition coefficient (Wildman–Crippen LogP) is 1.66. The van der Waals surface area contributed by atoms with Crippen molar-refractivity contribution in [1.82, 2.24) is 10.2 Å². The molecule has 112 valence electrons. The van der Waals surface area contributed by atoms with Gasteiger partial charge < -0.3 is 10.6 Å². The van der Waals surface area contributed by atoms with Crippen LogP contribution >= 0.6 is 0 Å². The minimum absolute atomic E-state index is 0.146. The van der Waals surface area contributed by atoms with E-state index >= 15 is 0 Å². The van der Waals surface area contributed by atoms with Gasteiger partial charge in [0.15, 0.2) is 0 Å². The van der Waals surface area contributed by atoms with Crippen LogP contribution in [0, 0.1) is 0 Å². The zero-order chi connectivity index (χ0) is 15.7. The topological polar surface area (TPSA) is 61.4 Å². The number of hydrogen-bond acceptors (Lipinski definition) is 3. The predicted molar refractivity (Wildman–Crippen MR) is 85.3 cm³/mol. The molecule has 0 aliphatic carbocycles. The van der Waals surface area contributed by atoms with Crippen LogP contribution in [0.15, 0.2) is 49.6 Å². The molecular formula is C16H21N3O2. The lowest BCUT2D eigenvalue weighted by Crippen LogP contribution is -2.33. The molecule has 0 unspecified atom stereocenters. The molecule has 0 spiro atoms. The maximum atomic E-state index is 12.0. The number of anilines is 1. The van der Waals surface area contributed by atoms with Crippen molar-refractivity contribution < 1.29 is 9.59 Å². The lowest BCUT2D eigenvalue weighted by Gasteiger charge is -2.18. The minimum Gasteiger partial charge on any atom is -0.355 e. The van der Waals surface area contributed by atoms with Crippen LogP contribution in [0.25, 0.3) is 0 Å². The third kappa shape index (κ3) is 5.62. The molecule has 2 amide bonds. The Balaban J connectivity index is 2.67. The molecule has 0 aliphatic rings. The number of amides is 2. The van der Waals surface area contributed by atoms with Gasteiger partial charge in [0.2, 0.25) is 5.91 Å². The van der Waals surface area contributed by atoms with Crippen LogP contribution in [-0.4, -0.2) is 43.4 Å². The van der Waals surface area contributed by atoms with Gasteiger partial charge in [0.25, 0.3) is 5.91 Å². The van der Waals surface area contributed by atoms with Gasteiger partial charge in [0, 0.05) is 31.4 Å². The normalized spacial score (nSPS) is 10.0. The summed E-state index contributed by atoms with van der Waals surface area (Å²) in [6, 6.07) is 6.80. The van der Waals surface area contributed by atoms with Crippen LogP contribution in [0.2, 0.25) is 0 Å². The molecule has 0 heterocycles. The first kappa shape index (κ1) is 16.7. The van der Waals surface area contributed by atoms with E-state index in [0.717, 1.165) is 0 Å². The summed E-state index contributed by atoms with van der Waals surface area (Å²) in [4.78, 5) is 25.4. The van der Waals surface area contributed by atoms with Crippen LogP contribution in [-0.2, 0) is 4.79 Å². The van der Waals surface area contributed by atoms with Crippen molar-refractivity contribution in [1.29, 1.82) is 0 Å². The zero-order valence-corrected chi connectivity index (χ0v) is 12.3. The van der Waals surface area contributed by atoms with Gasteiger partial charge in [-0.2, -0.15) is 0 Å². The van der Waals surface area contributed by atoms with E-state index in [-0.39, 0.29) is 18.4 Å². The summed E-state index contributed by atoms with van der Waals surface area (Å²) < 4.78 is 0. The van der Waals surface area contributed by atoms with E-state index in [1.165, 1.54) is 0 Å². The van der Waals surface area contributed by atoms with Crippen LogP contribution in [0.5, 0.6) is 0 Å². The number of rotatable bonds is 8.